The number of piperidine rings is 1. The summed E-state index contributed by atoms with van der Waals surface area (Å²) in [6.45, 7) is 8.37. The van der Waals surface area contributed by atoms with Gasteiger partial charge >= 0.3 is 0 Å². The van der Waals surface area contributed by atoms with Gasteiger partial charge in [-0.1, -0.05) is 13.8 Å². The summed E-state index contributed by atoms with van der Waals surface area (Å²) in [7, 11) is 0. The largest absolute Gasteiger partial charge is 0.316 e. The molecule has 0 aliphatic carbocycles. The van der Waals surface area contributed by atoms with Gasteiger partial charge in [-0.15, -0.1) is 11.3 Å². The van der Waals surface area contributed by atoms with Gasteiger partial charge in [0.2, 0.25) is 0 Å². The second kappa shape index (κ2) is 6.14. The number of aromatic nitrogens is 1. The zero-order valence-electron chi connectivity index (χ0n) is 9.34. The highest BCUT2D eigenvalue weighted by Gasteiger charge is 2.17. The predicted molar refractivity (Wildman–Crippen MR) is 63.0 cm³/mol. The van der Waals surface area contributed by atoms with Gasteiger partial charge in [0.25, 0.3) is 0 Å². The highest BCUT2D eigenvalue weighted by molar-refractivity contribution is 7.09. The van der Waals surface area contributed by atoms with Crippen molar-refractivity contribution in [3.8, 4) is 0 Å². The van der Waals surface area contributed by atoms with Crippen molar-refractivity contribution in [1.29, 1.82) is 0 Å². The molecule has 1 aromatic rings. The average molecular weight is 212 g/mol. The third-order valence-corrected chi connectivity index (χ3v) is 3.41. The van der Waals surface area contributed by atoms with Crippen LogP contribution in [0.2, 0.25) is 0 Å². The fraction of sp³-hybridized carbons (Fsp3) is 0.727. The molecule has 0 saturated carbocycles. The van der Waals surface area contributed by atoms with E-state index in [9.17, 15) is 0 Å². The van der Waals surface area contributed by atoms with E-state index in [2.05, 4.69) is 22.6 Å². The number of hydrogen-bond donors (Lipinski definition) is 1. The van der Waals surface area contributed by atoms with Crippen molar-refractivity contribution in [3.63, 3.8) is 0 Å². The van der Waals surface area contributed by atoms with Gasteiger partial charge in [0.15, 0.2) is 0 Å². The summed E-state index contributed by atoms with van der Waals surface area (Å²) in [4.78, 5) is 4.51. The van der Waals surface area contributed by atoms with Crippen LogP contribution < -0.4 is 5.32 Å². The Hall–Kier alpha value is -0.410. The molecule has 2 nitrogen and oxygen atoms in total. The molecule has 0 aromatic carbocycles. The summed E-state index contributed by atoms with van der Waals surface area (Å²) in [5.74, 6) is 0.678. The van der Waals surface area contributed by atoms with Crippen LogP contribution in [-0.4, -0.2) is 18.1 Å². The van der Waals surface area contributed by atoms with Gasteiger partial charge in [-0.05, 0) is 26.3 Å². The number of aryl methyl sites for hydroxylation is 1. The molecule has 2 rings (SSSR count). The molecular weight excluding hydrogens is 192 g/mol. The maximum Gasteiger partial charge on any atom is 0.0971 e. The Bertz CT molecular complexity index is 252. The Morgan fingerprint density at radius 3 is 2.79 bits per heavy atom. The van der Waals surface area contributed by atoms with Crippen LogP contribution in [0.5, 0.6) is 0 Å². The predicted octanol–water partition coefficient (Wildman–Crippen LogP) is 2.94. The number of hydrogen-bond acceptors (Lipinski definition) is 3. The number of nitrogens with zero attached hydrogens (tertiary/aromatic N) is 1. The first-order valence-electron chi connectivity index (χ1n) is 5.49. The standard InChI is InChI=1S/C9H14N2S.C2H6/c1-7-6-12-9(11-7)8-3-2-4-10-5-8;1-2/h6,8,10H,2-5H2,1H3;1-2H3. The SMILES string of the molecule is CC.Cc1csc(C2CCCNC2)n1. The molecule has 1 unspecified atom stereocenters. The fourth-order valence-electron chi connectivity index (χ4n) is 1.62. The van der Waals surface area contributed by atoms with E-state index < -0.39 is 0 Å². The minimum atomic E-state index is 0.678. The minimum absolute atomic E-state index is 0.678. The Morgan fingerprint density at radius 2 is 2.29 bits per heavy atom. The molecule has 0 amide bonds. The van der Waals surface area contributed by atoms with Crippen LogP contribution in [-0.2, 0) is 0 Å². The van der Waals surface area contributed by atoms with Crippen LogP contribution >= 0.6 is 11.3 Å². The first kappa shape index (κ1) is 11.7. The van der Waals surface area contributed by atoms with Gasteiger partial charge < -0.3 is 5.32 Å². The van der Waals surface area contributed by atoms with Gasteiger partial charge in [-0.2, -0.15) is 0 Å². The zero-order valence-corrected chi connectivity index (χ0v) is 10.2. The van der Waals surface area contributed by atoms with Gasteiger partial charge in [0, 0.05) is 23.5 Å². The molecule has 2 heterocycles. The minimum Gasteiger partial charge on any atom is -0.316 e. The molecular formula is C11H20N2S. The molecule has 1 atom stereocenters. The summed E-state index contributed by atoms with van der Waals surface area (Å²) in [5.41, 5.74) is 1.17. The molecule has 3 heteroatoms. The van der Waals surface area contributed by atoms with E-state index in [1.807, 2.05) is 13.8 Å². The summed E-state index contributed by atoms with van der Waals surface area (Å²) < 4.78 is 0. The fourth-order valence-corrected chi connectivity index (χ4v) is 2.56. The molecule has 0 spiro atoms. The Labute approximate surface area is 90.8 Å². The Balaban J connectivity index is 0.000000461. The zero-order chi connectivity index (χ0) is 10.4. The molecule has 1 aliphatic heterocycles. The van der Waals surface area contributed by atoms with E-state index >= 15 is 0 Å². The Kier molecular flexibility index (Phi) is 5.12. The van der Waals surface area contributed by atoms with Crippen molar-refractivity contribution in [2.45, 2.75) is 39.5 Å². The lowest BCUT2D eigenvalue weighted by atomic mass is 10.0. The van der Waals surface area contributed by atoms with Crippen LogP contribution in [0, 0.1) is 6.92 Å². The van der Waals surface area contributed by atoms with Gasteiger partial charge in [-0.25, -0.2) is 4.98 Å². The van der Waals surface area contributed by atoms with Crippen LogP contribution in [0.3, 0.4) is 0 Å². The van der Waals surface area contributed by atoms with E-state index in [0.29, 0.717) is 5.92 Å². The second-order valence-corrected chi connectivity index (χ2v) is 4.26. The molecule has 0 radical (unpaired) electrons. The van der Waals surface area contributed by atoms with Gasteiger partial charge in [0.05, 0.1) is 5.01 Å². The van der Waals surface area contributed by atoms with E-state index in [4.69, 9.17) is 0 Å². The summed E-state index contributed by atoms with van der Waals surface area (Å²) in [6, 6.07) is 0. The van der Waals surface area contributed by atoms with Crippen LogP contribution in [0.4, 0.5) is 0 Å². The van der Waals surface area contributed by atoms with Crippen molar-refractivity contribution in [1.82, 2.24) is 10.3 Å². The molecule has 1 N–H and O–H groups in total. The van der Waals surface area contributed by atoms with Crippen molar-refractivity contribution < 1.29 is 0 Å². The first-order chi connectivity index (χ1) is 6.86. The summed E-state index contributed by atoms with van der Waals surface area (Å²) in [6.07, 6.45) is 2.60. The maximum atomic E-state index is 4.51. The summed E-state index contributed by atoms with van der Waals surface area (Å²) >= 11 is 1.80. The molecule has 1 fully saturated rings. The highest BCUT2D eigenvalue weighted by atomic mass is 32.1. The van der Waals surface area contributed by atoms with Crippen molar-refractivity contribution in [2.24, 2.45) is 0 Å². The third-order valence-electron chi connectivity index (χ3n) is 2.28. The molecule has 1 aromatic heterocycles. The number of thiazole rings is 1. The van der Waals surface area contributed by atoms with Crippen molar-refractivity contribution >= 4 is 11.3 Å². The second-order valence-electron chi connectivity index (χ2n) is 3.37. The van der Waals surface area contributed by atoms with Gasteiger partial charge in [-0.3, -0.25) is 0 Å². The Morgan fingerprint density at radius 1 is 1.50 bits per heavy atom. The average Bonchev–Trinajstić information content (AvgIpc) is 2.69. The molecule has 0 bridgehead atoms. The van der Waals surface area contributed by atoms with E-state index in [1.54, 1.807) is 11.3 Å². The molecule has 1 saturated heterocycles. The maximum absolute atomic E-state index is 4.51. The van der Waals surface area contributed by atoms with Crippen molar-refractivity contribution in [2.75, 3.05) is 13.1 Å². The monoisotopic (exact) mass is 212 g/mol. The van der Waals surface area contributed by atoms with E-state index in [0.717, 1.165) is 6.54 Å². The molecule has 1 aliphatic rings. The van der Waals surface area contributed by atoms with E-state index in [1.165, 1.54) is 30.1 Å². The lowest BCUT2D eigenvalue weighted by Crippen LogP contribution is -2.28. The molecule has 80 valence electrons. The molecule has 14 heavy (non-hydrogen) atoms. The van der Waals surface area contributed by atoms with Crippen LogP contribution in [0.25, 0.3) is 0 Å². The first-order valence-corrected chi connectivity index (χ1v) is 6.37. The smallest absolute Gasteiger partial charge is 0.0971 e. The lowest BCUT2D eigenvalue weighted by molar-refractivity contribution is 0.460. The van der Waals surface area contributed by atoms with Gasteiger partial charge in [0.1, 0.15) is 0 Å². The quantitative estimate of drug-likeness (QED) is 0.774. The lowest BCUT2D eigenvalue weighted by Gasteiger charge is -2.20. The van der Waals surface area contributed by atoms with E-state index in [-0.39, 0.29) is 0 Å². The van der Waals surface area contributed by atoms with Crippen LogP contribution in [0.15, 0.2) is 5.38 Å². The number of nitrogens with one attached hydrogen (secondary N) is 1. The highest BCUT2D eigenvalue weighted by Crippen LogP contribution is 2.25. The topological polar surface area (TPSA) is 24.9 Å². The summed E-state index contributed by atoms with van der Waals surface area (Å²) in [5, 5.41) is 6.87. The number of rotatable bonds is 1. The van der Waals surface area contributed by atoms with Crippen molar-refractivity contribution in [3.05, 3.63) is 16.1 Å². The third kappa shape index (κ3) is 3.07. The normalized spacial score (nSPS) is 21.2. The van der Waals surface area contributed by atoms with Crippen LogP contribution in [0.1, 0.15) is 43.3 Å².